The highest BCUT2D eigenvalue weighted by molar-refractivity contribution is 7.89. The van der Waals surface area contributed by atoms with Gasteiger partial charge in [-0.1, -0.05) is 23.4 Å². The maximum Gasteiger partial charge on any atom is 0.249 e. The molecule has 1 amide bonds. The Balaban J connectivity index is 1.82. The lowest BCUT2D eigenvalue weighted by atomic mass is 10.2. The lowest BCUT2D eigenvalue weighted by molar-refractivity contribution is -0.118. The number of sulfonamides is 1. The molecule has 1 aliphatic heterocycles. The van der Waals surface area contributed by atoms with E-state index < -0.39 is 10.0 Å². The summed E-state index contributed by atoms with van der Waals surface area (Å²) in [6, 6.07) is 7.66. The Bertz CT molecular complexity index is 1010. The summed E-state index contributed by atoms with van der Waals surface area (Å²) in [5.41, 5.74) is 2.19. The number of likely N-dealkylation sites (N-methyl/N-ethyl adjacent to an activating group) is 1. The zero-order valence-electron chi connectivity index (χ0n) is 16.4. The van der Waals surface area contributed by atoms with Gasteiger partial charge in [0, 0.05) is 45.7 Å². The molecule has 1 aromatic heterocycles. The van der Waals surface area contributed by atoms with E-state index in [0.717, 1.165) is 22.0 Å². The molecule has 9 heteroatoms. The van der Waals surface area contributed by atoms with E-state index in [4.69, 9.17) is 4.52 Å². The summed E-state index contributed by atoms with van der Waals surface area (Å²) in [7, 11) is 1.07. The molecule has 0 atom stereocenters. The van der Waals surface area contributed by atoms with Crippen LogP contribution in [0.2, 0.25) is 0 Å². The fourth-order valence-electron chi connectivity index (χ4n) is 3.13. The van der Waals surface area contributed by atoms with Crippen LogP contribution in [0.1, 0.15) is 17.0 Å². The number of carbonyl (C=O) groups is 1. The Hall–Kier alpha value is -2.65. The van der Waals surface area contributed by atoms with Crippen molar-refractivity contribution in [1.82, 2.24) is 14.4 Å². The first-order chi connectivity index (χ1) is 13.2. The zero-order valence-corrected chi connectivity index (χ0v) is 17.2. The van der Waals surface area contributed by atoms with Crippen molar-refractivity contribution in [3.8, 4) is 0 Å². The molecule has 0 aliphatic carbocycles. The molecule has 0 saturated heterocycles. The van der Waals surface area contributed by atoms with Gasteiger partial charge in [-0.2, -0.15) is 4.31 Å². The van der Waals surface area contributed by atoms with Crippen molar-refractivity contribution in [3.05, 3.63) is 47.5 Å². The molecule has 2 aromatic rings. The molecular formula is C19H24N4O4S. The van der Waals surface area contributed by atoms with Crippen molar-refractivity contribution in [2.24, 2.45) is 0 Å². The summed E-state index contributed by atoms with van der Waals surface area (Å²) >= 11 is 0. The van der Waals surface area contributed by atoms with Crippen molar-refractivity contribution in [3.63, 3.8) is 0 Å². The van der Waals surface area contributed by atoms with Gasteiger partial charge < -0.3 is 14.3 Å². The second-order valence-corrected chi connectivity index (χ2v) is 8.91. The largest absolute Gasteiger partial charge is 0.383 e. The highest BCUT2D eigenvalue weighted by atomic mass is 32.2. The van der Waals surface area contributed by atoms with Crippen molar-refractivity contribution in [2.45, 2.75) is 18.2 Å². The summed E-state index contributed by atoms with van der Waals surface area (Å²) in [5.74, 6) is -0.132. The number of hydrogen-bond donors (Lipinski definition) is 0. The Morgan fingerprint density at radius 2 is 2.00 bits per heavy atom. The van der Waals surface area contributed by atoms with Gasteiger partial charge in [-0.3, -0.25) is 4.79 Å². The summed E-state index contributed by atoms with van der Waals surface area (Å²) in [6.07, 6.45) is 3.98. The summed E-state index contributed by atoms with van der Waals surface area (Å²) in [6.45, 7) is 1.85. The molecule has 1 aromatic carbocycles. The number of anilines is 1. The number of carbonyl (C=O) groups excluding carboxylic acids is 1. The lowest BCUT2D eigenvalue weighted by Gasteiger charge is -2.22. The minimum absolute atomic E-state index is 0.0253. The smallest absolute Gasteiger partial charge is 0.249 e. The fourth-order valence-corrected chi connectivity index (χ4v) is 4.49. The second kappa shape index (κ2) is 7.76. The molecule has 3 rings (SSSR count). The van der Waals surface area contributed by atoms with Crippen LogP contribution in [-0.4, -0.2) is 62.9 Å². The zero-order chi connectivity index (χ0) is 20.5. The van der Waals surface area contributed by atoms with E-state index in [1.54, 1.807) is 29.0 Å². The molecule has 0 N–H and O–H groups in total. The topological polar surface area (TPSA) is 87.0 Å². The van der Waals surface area contributed by atoms with Crippen LogP contribution in [0, 0.1) is 6.92 Å². The molecule has 2 heterocycles. The van der Waals surface area contributed by atoms with Gasteiger partial charge in [-0.15, -0.1) is 0 Å². The molecule has 0 fully saturated rings. The van der Waals surface area contributed by atoms with Crippen LogP contribution in [0.3, 0.4) is 0 Å². The lowest BCUT2D eigenvalue weighted by Crippen LogP contribution is -2.40. The maximum atomic E-state index is 13.1. The van der Waals surface area contributed by atoms with Crippen LogP contribution in [0.5, 0.6) is 0 Å². The van der Waals surface area contributed by atoms with Gasteiger partial charge in [0.05, 0.1) is 6.54 Å². The summed E-state index contributed by atoms with van der Waals surface area (Å²) in [5, 5.41) is 3.78. The Labute approximate surface area is 165 Å². The van der Waals surface area contributed by atoms with Gasteiger partial charge in [0.25, 0.3) is 0 Å². The number of benzene rings is 1. The van der Waals surface area contributed by atoms with E-state index in [1.165, 1.54) is 7.05 Å². The second-order valence-electron chi connectivity index (χ2n) is 6.93. The molecule has 0 bridgehead atoms. The van der Waals surface area contributed by atoms with Gasteiger partial charge in [-0.05, 0) is 25.0 Å². The highest BCUT2D eigenvalue weighted by Crippen LogP contribution is 2.28. The number of fused-ring (bicyclic) bond motifs is 1. The van der Waals surface area contributed by atoms with E-state index in [1.807, 2.05) is 38.4 Å². The SMILES string of the molecule is Cc1noc(C=CN(C)C)c1S(=O)(=O)N(C)CC(=O)N1CCc2ccccc21. The predicted octanol–water partition coefficient (Wildman–Crippen LogP) is 1.73. The Kier molecular flexibility index (Phi) is 5.57. The minimum atomic E-state index is -3.95. The van der Waals surface area contributed by atoms with E-state index in [9.17, 15) is 13.2 Å². The maximum absolute atomic E-state index is 13.1. The van der Waals surface area contributed by atoms with E-state index in [0.29, 0.717) is 6.54 Å². The fraction of sp³-hybridized carbons (Fsp3) is 0.368. The van der Waals surface area contributed by atoms with Crippen LogP contribution in [0.4, 0.5) is 5.69 Å². The van der Waals surface area contributed by atoms with Crippen LogP contribution in [0.15, 0.2) is 39.9 Å². The first-order valence-corrected chi connectivity index (χ1v) is 10.3. The van der Waals surface area contributed by atoms with Gasteiger partial charge in [-0.25, -0.2) is 8.42 Å². The van der Waals surface area contributed by atoms with E-state index in [2.05, 4.69) is 5.16 Å². The number of aromatic nitrogens is 1. The van der Waals surface area contributed by atoms with Gasteiger partial charge in [0.1, 0.15) is 5.69 Å². The van der Waals surface area contributed by atoms with Crippen LogP contribution >= 0.6 is 0 Å². The highest BCUT2D eigenvalue weighted by Gasteiger charge is 2.33. The molecule has 8 nitrogen and oxygen atoms in total. The summed E-state index contributed by atoms with van der Waals surface area (Å²) in [4.78, 5) is 16.1. The van der Waals surface area contributed by atoms with E-state index >= 15 is 0 Å². The van der Waals surface area contributed by atoms with Crippen molar-refractivity contribution in [2.75, 3.05) is 39.1 Å². The molecule has 150 valence electrons. The number of amides is 1. The monoisotopic (exact) mass is 404 g/mol. The van der Waals surface area contributed by atoms with Crippen LogP contribution < -0.4 is 4.90 Å². The molecule has 0 radical (unpaired) electrons. The third-order valence-corrected chi connectivity index (χ3v) is 6.53. The number of aryl methyl sites for hydroxylation is 1. The number of para-hydroxylation sites is 1. The van der Waals surface area contributed by atoms with Gasteiger partial charge in [0.2, 0.25) is 15.9 Å². The number of nitrogens with zero attached hydrogens (tertiary/aromatic N) is 4. The molecule has 1 aliphatic rings. The Morgan fingerprint density at radius 3 is 2.71 bits per heavy atom. The van der Waals surface area contributed by atoms with Gasteiger partial charge >= 0.3 is 0 Å². The van der Waals surface area contributed by atoms with Gasteiger partial charge in [0.15, 0.2) is 10.7 Å². The average Bonchev–Trinajstić information content (AvgIpc) is 3.23. The van der Waals surface area contributed by atoms with E-state index in [-0.39, 0.29) is 28.8 Å². The van der Waals surface area contributed by atoms with Crippen LogP contribution in [0.25, 0.3) is 6.08 Å². The van der Waals surface area contributed by atoms with Crippen molar-refractivity contribution >= 4 is 27.7 Å². The van der Waals surface area contributed by atoms with Crippen LogP contribution in [-0.2, 0) is 21.2 Å². The molecule has 0 unspecified atom stereocenters. The Morgan fingerprint density at radius 1 is 1.29 bits per heavy atom. The first kappa shape index (κ1) is 20.1. The first-order valence-electron chi connectivity index (χ1n) is 8.87. The molecule has 0 saturated carbocycles. The van der Waals surface area contributed by atoms with Crippen molar-refractivity contribution < 1.29 is 17.7 Å². The standard InChI is InChI=1S/C19H24N4O4S/c1-14-19(17(27-20-14)10-11-21(2)3)28(25,26)22(4)13-18(24)23-12-9-15-7-5-6-8-16(15)23/h5-8,10-11H,9,12-13H2,1-4H3. The molecule has 0 spiro atoms. The molecular weight excluding hydrogens is 380 g/mol. The summed E-state index contributed by atoms with van der Waals surface area (Å²) < 4.78 is 32.4. The number of rotatable bonds is 6. The molecule has 28 heavy (non-hydrogen) atoms. The minimum Gasteiger partial charge on any atom is -0.383 e. The third-order valence-electron chi connectivity index (χ3n) is 4.57. The average molecular weight is 404 g/mol. The predicted molar refractivity (Wildman–Crippen MR) is 106 cm³/mol. The quantitative estimate of drug-likeness (QED) is 0.729. The van der Waals surface area contributed by atoms with Crippen molar-refractivity contribution in [1.29, 1.82) is 0 Å². The normalized spacial score (nSPS) is 14.1. The third kappa shape index (κ3) is 3.81. The number of hydrogen-bond acceptors (Lipinski definition) is 6.